The zero-order valence-corrected chi connectivity index (χ0v) is 43.0. The number of hydrogen-bond donors (Lipinski definition) is 1. The van der Waals surface area contributed by atoms with E-state index in [0.717, 1.165) is 93.6 Å². The number of anilines is 2. The fraction of sp³-hybridized carbons (Fsp3) is 0.667. The Morgan fingerprint density at radius 2 is 1.41 bits per heavy atom. The van der Waals surface area contributed by atoms with Crippen molar-refractivity contribution in [2.75, 3.05) is 43.2 Å². The Morgan fingerprint density at radius 3 is 1.99 bits per heavy atom. The Kier molecular flexibility index (Phi) is 22.0. The maximum Gasteiger partial charge on any atom is 0.306 e. The van der Waals surface area contributed by atoms with Gasteiger partial charge in [-0.1, -0.05) is 110 Å². The number of hydrogen-bond acceptors (Lipinski definition) is 9. The first-order chi connectivity index (χ1) is 32.6. The highest BCUT2D eigenvalue weighted by atomic mass is 16.6. The molecule has 11 nitrogen and oxygen atoms in total. The van der Waals surface area contributed by atoms with E-state index in [2.05, 4.69) is 23.7 Å². The summed E-state index contributed by atoms with van der Waals surface area (Å²) in [6.45, 7) is 15.0. The summed E-state index contributed by atoms with van der Waals surface area (Å²) >= 11 is 0. The minimum absolute atomic E-state index is 0.0469. The fourth-order valence-electron chi connectivity index (χ4n) is 9.74. The second-order valence-corrected chi connectivity index (χ2v) is 21.7. The molecule has 5 rings (SSSR count). The number of amides is 1. The zero-order valence-electron chi connectivity index (χ0n) is 43.0. The number of carbonyl (C=O) groups excluding carboxylic acids is 2. The van der Waals surface area contributed by atoms with Crippen molar-refractivity contribution in [3.05, 3.63) is 71.5 Å². The van der Waals surface area contributed by atoms with Crippen molar-refractivity contribution in [2.24, 2.45) is 17.3 Å². The third kappa shape index (κ3) is 19.4. The number of carboxylic acid groups (broad SMARTS) is 1. The van der Waals surface area contributed by atoms with Crippen molar-refractivity contribution in [3.63, 3.8) is 0 Å². The number of rotatable bonds is 31. The number of nitrogens with zero attached hydrogens (tertiary/aromatic N) is 4. The predicted molar refractivity (Wildman–Crippen MR) is 274 cm³/mol. The number of ether oxygens (including phenoxy) is 3. The van der Waals surface area contributed by atoms with Crippen LogP contribution < -0.4 is 19.3 Å². The number of pyridine rings is 2. The van der Waals surface area contributed by atoms with Gasteiger partial charge in [-0.05, 0) is 125 Å². The van der Waals surface area contributed by atoms with E-state index in [-0.39, 0.29) is 23.2 Å². The molecule has 1 saturated heterocycles. The quantitative estimate of drug-likeness (QED) is 0.0491. The van der Waals surface area contributed by atoms with E-state index in [9.17, 15) is 14.4 Å². The minimum atomic E-state index is -0.680. The Labute approximate surface area is 409 Å². The normalized spacial score (nSPS) is 15.0. The molecule has 1 aliphatic heterocycles. The largest absolute Gasteiger partial charge is 0.497 e. The van der Waals surface area contributed by atoms with E-state index < -0.39 is 11.6 Å². The van der Waals surface area contributed by atoms with Crippen molar-refractivity contribution < 1.29 is 33.7 Å². The summed E-state index contributed by atoms with van der Waals surface area (Å²) in [6.07, 6.45) is 25.8. The van der Waals surface area contributed by atoms with Crippen molar-refractivity contribution in [3.8, 4) is 11.6 Å². The zero-order chi connectivity index (χ0) is 48.9. The van der Waals surface area contributed by atoms with Crippen molar-refractivity contribution in [1.29, 1.82) is 0 Å². The average Bonchev–Trinajstić information content (AvgIpc) is 4.15. The molecular weight excluding hydrogens is 853 g/mol. The highest BCUT2D eigenvalue weighted by Crippen LogP contribution is 2.45. The van der Waals surface area contributed by atoms with E-state index in [4.69, 9.17) is 24.3 Å². The second-order valence-electron chi connectivity index (χ2n) is 21.7. The Morgan fingerprint density at radius 1 is 0.794 bits per heavy atom. The lowest BCUT2D eigenvalue weighted by atomic mass is 9.85. The first-order valence-corrected chi connectivity index (χ1v) is 26.3. The van der Waals surface area contributed by atoms with E-state index in [1.54, 1.807) is 13.3 Å². The SMILES string of the molecule is COc1ccc(C(=O)N(CC(C)(C)CCCCCCCCCCCCCCCCCC(=O)O)c2cccc(C)n2)c(N2CCC(COc3cc([C@@H](CC(=O)OC(C)(C)C)C4CC4)ccn3)CC2)c1. The number of carboxylic acids is 1. The number of unbranched alkanes of at least 4 members (excludes halogenated alkanes) is 14. The molecule has 376 valence electrons. The standard InChI is InChI=1S/C57H86N4O7/c1-43-24-23-25-51(59-43)61(42-57(5,6)34-22-20-18-16-14-12-10-8-9-11-13-15-17-19-21-26-53(62)63)55(65)48-30-29-47(66-7)39-50(48)60-36-32-44(33-37-60)41-67-52-38-46(31-35-58-52)49(45-27-28-45)40-54(64)68-56(2,3)4/h23-25,29-31,35,38-39,44-45,49H,8-22,26-28,32-34,36-37,40-42H2,1-7H3,(H,62,63)/t49-/m0/s1. The molecule has 0 spiro atoms. The van der Waals surface area contributed by atoms with Crippen LogP contribution in [0.15, 0.2) is 54.7 Å². The van der Waals surface area contributed by atoms with E-state index >= 15 is 0 Å². The topological polar surface area (TPSA) is 131 Å². The summed E-state index contributed by atoms with van der Waals surface area (Å²) < 4.78 is 17.7. The molecule has 0 bridgehead atoms. The Balaban J connectivity index is 1.10. The van der Waals surface area contributed by atoms with Gasteiger partial charge in [0.05, 0.1) is 31.4 Å². The van der Waals surface area contributed by atoms with Crippen LogP contribution >= 0.6 is 0 Å². The number of esters is 1. The number of aromatic nitrogens is 2. The van der Waals surface area contributed by atoms with Crippen LogP contribution in [0.5, 0.6) is 11.6 Å². The van der Waals surface area contributed by atoms with Crippen LogP contribution in [0.1, 0.15) is 203 Å². The lowest BCUT2D eigenvalue weighted by Gasteiger charge is -2.36. The van der Waals surface area contributed by atoms with Gasteiger partial charge < -0.3 is 24.2 Å². The summed E-state index contributed by atoms with van der Waals surface area (Å²) in [5.41, 5.74) is 2.88. The van der Waals surface area contributed by atoms with Gasteiger partial charge >= 0.3 is 11.9 Å². The molecule has 3 aromatic rings. The number of aryl methyl sites for hydroxylation is 1. The lowest BCUT2D eigenvalue weighted by molar-refractivity contribution is -0.155. The van der Waals surface area contributed by atoms with Gasteiger partial charge in [0.2, 0.25) is 5.88 Å². The molecular formula is C57H86N4O7. The molecule has 1 amide bonds. The van der Waals surface area contributed by atoms with Gasteiger partial charge in [-0.15, -0.1) is 0 Å². The number of benzene rings is 1. The van der Waals surface area contributed by atoms with Gasteiger partial charge in [-0.2, -0.15) is 0 Å². The molecule has 2 fully saturated rings. The first-order valence-electron chi connectivity index (χ1n) is 26.3. The van der Waals surface area contributed by atoms with Crippen LogP contribution in [-0.4, -0.2) is 71.9 Å². The third-order valence-electron chi connectivity index (χ3n) is 13.8. The predicted octanol–water partition coefficient (Wildman–Crippen LogP) is 13.7. The van der Waals surface area contributed by atoms with Crippen LogP contribution in [0, 0.1) is 24.2 Å². The summed E-state index contributed by atoms with van der Waals surface area (Å²) in [4.78, 5) is 52.1. The molecule has 1 N–H and O–H groups in total. The third-order valence-corrected chi connectivity index (χ3v) is 13.8. The van der Waals surface area contributed by atoms with Crippen LogP contribution in [-0.2, 0) is 14.3 Å². The molecule has 1 saturated carbocycles. The van der Waals surface area contributed by atoms with Crippen molar-refractivity contribution >= 4 is 29.4 Å². The number of piperidine rings is 1. The lowest BCUT2D eigenvalue weighted by Crippen LogP contribution is -2.41. The monoisotopic (exact) mass is 939 g/mol. The second kappa shape index (κ2) is 27.5. The number of carbonyl (C=O) groups is 3. The average molecular weight is 939 g/mol. The van der Waals surface area contributed by atoms with Gasteiger partial charge in [0.1, 0.15) is 17.2 Å². The minimum Gasteiger partial charge on any atom is -0.497 e. The van der Waals surface area contributed by atoms with Crippen molar-refractivity contribution in [1.82, 2.24) is 9.97 Å². The maximum absolute atomic E-state index is 15.0. The molecule has 11 heteroatoms. The fourth-order valence-corrected chi connectivity index (χ4v) is 9.74. The Hall–Kier alpha value is -4.67. The molecule has 68 heavy (non-hydrogen) atoms. The smallest absolute Gasteiger partial charge is 0.306 e. The summed E-state index contributed by atoms with van der Waals surface area (Å²) in [7, 11) is 1.67. The summed E-state index contributed by atoms with van der Waals surface area (Å²) in [6, 6.07) is 15.8. The molecule has 2 aliphatic rings. The molecule has 0 unspecified atom stereocenters. The van der Waals surface area contributed by atoms with Gasteiger partial charge in [-0.3, -0.25) is 19.3 Å². The Bertz CT molecular complexity index is 2000. The van der Waals surface area contributed by atoms with E-state index in [1.807, 2.05) is 81.1 Å². The number of methoxy groups -OCH3 is 1. The maximum atomic E-state index is 15.0. The molecule has 2 aromatic heterocycles. The van der Waals surface area contributed by atoms with Gasteiger partial charge in [0.25, 0.3) is 5.91 Å². The molecule has 3 heterocycles. The van der Waals surface area contributed by atoms with E-state index in [1.165, 1.54) is 70.6 Å². The molecule has 1 aliphatic carbocycles. The van der Waals surface area contributed by atoms with Crippen LogP contribution in [0.4, 0.5) is 11.5 Å². The van der Waals surface area contributed by atoms with Crippen LogP contribution in [0.2, 0.25) is 0 Å². The number of aliphatic carboxylic acids is 1. The van der Waals surface area contributed by atoms with Crippen LogP contribution in [0.25, 0.3) is 0 Å². The highest BCUT2D eigenvalue weighted by molar-refractivity contribution is 6.09. The van der Waals surface area contributed by atoms with Gasteiger partial charge in [-0.25, -0.2) is 9.97 Å². The highest BCUT2D eigenvalue weighted by Gasteiger charge is 2.36. The van der Waals surface area contributed by atoms with E-state index in [0.29, 0.717) is 55.1 Å². The molecule has 0 radical (unpaired) electrons. The van der Waals surface area contributed by atoms with Gasteiger partial charge in [0, 0.05) is 50.1 Å². The molecule has 1 atom stereocenters. The first kappa shape index (κ1) is 54.3. The summed E-state index contributed by atoms with van der Waals surface area (Å²) in [5, 5.41) is 8.76. The molecule has 1 aromatic carbocycles. The summed E-state index contributed by atoms with van der Waals surface area (Å²) in [5.74, 6) is 2.03. The van der Waals surface area contributed by atoms with Crippen LogP contribution in [0.3, 0.4) is 0 Å². The van der Waals surface area contributed by atoms with Crippen molar-refractivity contribution in [2.45, 2.75) is 194 Å². The van der Waals surface area contributed by atoms with Gasteiger partial charge in [0.15, 0.2) is 0 Å².